The highest BCUT2D eigenvalue weighted by molar-refractivity contribution is 8.00. The smallest absolute Gasteiger partial charge is 0.352 e. The quantitative estimate of drug-likeness (QED) is 0.188. The first kappa shape index (κ1) is 26.3. The number of thiazole rings is 1. The zero-order chi connectivity index (χ0) is 25.8. The first-order valence-electron chi connectivity index (χ1n) is 10.8. The summed E-state index contributed by atoms with van der Waals surface area (Å²) < 4.78 is 1.68. The predicted octanol–water partition coefficient (Wildman–Crippen LogP) is -0.875. The van der Waals surface area contributed by atoms with E-state index in [0.29, 0.717) is 46.0 Å². The number of tetrazole rings is 1. The maximum atomic E-state index is 12.5. The summed E-state index contributed by atoms with van der Waals surface area (Å²) in [5.74, 6) is -0.704. The van der Waals surface area contributed by atoms with Crippen LogP contribution < -0.4 is 10.6 Å². The highest BCUT2D eigenvalue weighted by Crippen LogP contribution is 2.43. The monoisotopic (exact) mass is 555 g/mol. The molecule has 2 aliphatic heterocycles. The van der Waals surface area contributed by atoms with Gasteiger partial charge in [0.2, 0.25) is 17.5 Å². The van der Waals surface area contributed by atoms with Crippen molar-refractivity contribution in [2.75, 3.05) is 37.5 Å². The number of amides is 2. The minimum Gasteiger partial charge on any atom is -0.477 e. The van der Waals surface area contributed by atoms with E-state index < -0.39 is 23.6 Å². The van der Waals surface area contributed by atoms with Crippen molar-refractivity contribution >= 4 is 58.3 Å². The summed E-state index contributed by atoms with van der Waals surface area (Å²) in [5, 5.41) is 39.8. The predicted molar refractivity (Wildman–Crippen MR) is 133 cm³/mol. The highest BCUT2D eigenvalue weighted by atomic mass is 32.2. The molecule has 2 aromatic heterocycles. The number of thioether (sulfide) groups is 2. The van der Waals surface area contributed by atoms with Crippen LogP contribution in [0.4, 0.5) is 5.13 Å². The van der Waals surface area contributed by atoms with Crippen molar-refractivity contribution in [3.8, 4) is 0 Å². The average Bonchev–Trinajstić information content (AvgIpc) is 3.48. The van der Waals surface area contributed by atoms with Crippen LogP contribution in [0.3, 0.4) is 0 Å². The topological polar surface area (TPSA) is 179 Å². The van der Waals surface area contributed by atoms with Crippen LogP contribution in [0.1, 0.15) is 5.69 Å². The van der Waals surface area contributed by atoms with Gasteiger partial charge in [0, 0.05) is 23.4 Å². The SMILES string of the molecule is CN(C)CCn1nnnc1SCC1=C(C(=O)O)N2C(O)[C@@H](NC(=O)Cc3csc(NC=O)n3)C2SC1. The Balaban J connectivity index is 1.38. The van der Waals surface area contributed by atoms with Crippen LogP contribution >= 0.6 is 34.9 Å². The normalized spacial score (nSPS) is 21.2. The number of fused-ring (bicyclic) bond motifs is 1. The van der Waals surface area contributed by atoms with Crippen molar-refractivity contribution in [3.63, 3.8) is 0 Å². The number of anilines is 1. The van der Waals surface area contributed by atoms with Gasteiger partial charge in [-0.25, -0.2) is 14.5 Å². The summed E-state index contributed by atoms with van der Waals surface area (Å²) in [5.41, 5.74) is 1.18. The van der Waals surface area contributed by atoms with Crippen molar-refractivity contribution in [2.24, 2.45) is 0 Å². The Bertz CT molecular complexity index is 1150. The van der Waals surface area contributed by atoms with Gasteiger partial charge >= 0.3 is 5.97 Å². The van der Waals surface area contributed by atoms with Crippen molar-refractivity contribution in [2.45, 2.75) is 35.8 Å². The number of rotatable bonds is 12. The molecule has 1 fully saturated rings. The number of likely N-dealkylation sites (N-methyl/N-ethyl adjacent to an activating group) is 1. The molecule has 2 unspecified atom stereocenters. The number of aromatic nitrogens is 5. The number of carboxylic acid groups (broad SMARTS) is 1. The van der Waals surface area contributed by atoms with E-state index in [1.807, 2.05) is 19.0 Å². The number of hydrogen-bond donors (Lipinski definition) is 4. The van der Waals surface area contributed by atoms with Gasteiger partial charge in [-0.1, -0.05) is 11.8 Å². The highest BCUT2D eigenvalue weighted by Gasteiger charge is 2.53. The van der Waals surface area contributed by atoms with E-state index >= 15 is 0 Å². The molecule has 4 rings (SSSR count). The van der Waals surface area contributed by atoms with Crippen molar-refractivity contribution < 1.29 is 24.6 Å². The fraction of sp³-hybridized carbons (Fsp3) is 0.526. The molecule has 36 heavy (non-hydrogen) atoms. The van der Waals surface area contributed by atoms with Gasteiger partial charge in [-0.05, 0) is 30.1 Å². The van der Waals surface area contributed by atoms with E-state index in [2.05, 4.69) is 31.1 Å². The standard InChI is InChI=1S/C19H25N9O5S3/c1-26(2)3-4-27-19(23-24-25-27)36-7-10-6-34-16-13(15(31)28(16)14(10)17(32)33)22-12(30)5-11-8-35-18(21-11)20-9-29/h8-9,13,15-16,31H,3-7H2,1-2H3,(H,22,30)(H,32,33)(H,20,21,29)/t13-,15?,16?/m1/s1. The third-order valence-corrected chi connectivity index (χ3v) is 8.69. The van der Waals surface area contributed by atoms with Gasteiger partial charge in [0.1, 0.15) is 17.1 Å². The van der Waals surface area contributed by atoms with Crippen LogP contribution in [-0.2, 0) is 27.3 Å². The average molecular weight is 556 g/mol. The Labute approximate surface area is 218 Å². The zero-order valence-electron chi connectivity index (χ0n) is 19.4. The molecule has 4 heterocycles. The maximum Gasteiger partial charge on any atom is 0.352 e. The second kappa shape index (κ2) is 11.5. The number of nitrogens with zero attached hydrogens (tertiary/aromatic N) is 7. The molecular weight excluding hydrogens is 530 g/mol. The number of hydrogen-bond acceptors (Lipinski definition) is 13. The van der Waals surface area contributed by atoms with Gasteiger partial charge in [0.05, 0.1) is 18.7 Å². The Hall–Kier alpha value is -2.73. The lowest BCUT2D eigenvalue weighted by Crippen LogP contribution is -2.73. The molecule has 2 amide bonds. The van der Waals surface area contributed by atoms with Crippen LogP contribution in [0.15, 0.2) is 21.8 Å². The molecule has 194 valence electrons. The Morgan fingerprint density at radius 3 is 2.92 bits per heavy atom. The number of aliphatic hydroxyl groups is 1. The summed E-state index contributed by atoms with van der Waals surface area (Å²) >= 11 is 4.00. The largest absolute Gasteiger partial charge is 0.477 e. The summed E-state index contributed by atoms with van der Waals surface area (Å²) in [4.78, 5) is 42.7. The molecular formula is C19H25N9O5S3. The number of carboxylic acids is 1. The minimum absolute atomic E-state index is 0.0241. The lowest BCUT2D eigenvalue weighted by molar-refractivity contribution is -0.147. The van der Waals surface area contributed by atoms with Gasteiger partial charge in [0.15, 0.2) is 11.4 Å². The summed E-state index contributed by atoms with van der Waals surface area (Å²) in [6.07, 6.45) is -0.689. The third kappa shape index (κ3) is 5.80. The fourth-order valence-corrected chi connectivity index (χ4v) is 6.86. The molecule has 2 aromatic rings. The second-order valence-corrected chi connectivity index (χ2v) is 11.1. The first-order chi connectivity index (χ1) is 17.3. The molecule has 3 atom stereocenters. The lowest BCUT2D eigenvalue weighted by atomic mass is 10.0. The molecule has 0 aliphatic carbocycles. The van der Waals surface area contributed by atoms with Gasteiger partial charge in [0.25, 0.3) is 0 Å². The first-order valence-corrected chi connectivity index (χ1v) is 13.7. The molecule has 17 heteroatoms. The summed E-state index contributed by atoms with van der Waals surface area (Å²) in [6.45, 7) is 1.36. The molecule has 2 aliphatic rings. The molecule has 0 radical (unpaired) electrons. The molecule has 0 saturated carbocycles. The Kier molecular flexibility index (Phi) is 8.45. The summed E-state index contributed by atoms with van der Waals surface area (Å²) in [7, 11) is 3.90. The third-order valence-electron chi connectivity index (χ3n) is 5.45. The molecule has 4 N–H and O–H groups in total. The number of aliphatic carboxylic acids is 1. The van der Waals surface area contributed by atoms with Crippen LogP contribution in [-0.4, -0.2) is 113 Å². The van der Waals surface area contributed by atoms with E-state index in [4.69, 9.17) is 0 Å². The van der Waals surface area contributed by atoms with Crippen molar-refractivity contribution in [3.05, 3.63) is 22.3 Å². The van der Waals surface area contributed by atoms with Crippen molar-refractivity contribution in [1.82, 2.24) is 40.3 Å². The number of nitrogens with one attached hydrogen (secondary N) is 2. The van der Waals surface area contributed by atoms with Crippen LogP contribution in [0.25, 0.3) is 0 Å². The van der Waals surface area contributed by atoms with E-state index in [0.717, 1.165) is 6.54 Å². The maximum absolute atomic E-state index is 12.5. The lowest BCUT2D eigenvalue weighted by Gasteiger charge is -2.55. The Morgan fingerprint density at radius 2 is 2.19 bits per heavy atom. The van der Waals surface area contributed by atoms with Crippen molar-refractivity contribution in [1.29, 1.82) is 0 Å². The molecule has 1 saturated heterocycles. The van der Waals surface area contributed by atoms with E-state index in [9.17, 15) is 24.6 Å². The zero-order valence-corrected chi connectivity index (χ0v) is 21.8. The van der Waals surface area contributed by atoms with Gasteiger partial charge in [-0.3, -0.25) is 9.59 Å². The molecule has 0 spiro atoms. The van der Waals surface area contributed by atoms with Crippen LogP contribution in [0.5, 0.6) is 0 Å². The molecule has 0 bridgehead atoms. The second-order valence-electron chi connectivity index (χ2n) is 8.23. The number of carbonyl (C=O) groups is 3. The molecule has 0 aromatic carbocycles. The Morgan fingerprint density at radius 1 is 1.39 bits per heavy atom. The van der Waals surface area contributed by atoms with Gasteiger partial charge in [-0.2, -0.15) is 0 Å². The van der Waals surface area contributed by atoms with E-state index in [1.165, 1.54) is 39.8 Å². The molecule has 14 nitrogen and oxygen atoms in total. The van der Waals surface area contributed by atoms with E-state index in [-0.39, 0.29) is 18.0 Å². The van der Waals surface area contributed by atoms with E-state index in [1.54, 1.807) is 10.1 Å². The van der Waals surface area contributed by atoms with Crippen LogP contribution in [0, 0.1) is 0 Å². The summed E-state index contributed by atoms with van der Waals surface area (Å²) in [6, 6.07) is -0.629. The fourth-order valence-electron chi connectivity index (χ4n) is 3.73. The number of aliphatic hydroxyl groups excluding tert-OH is 1. The van der Waals surface area contributed by atoms with Gasteiger partial charge < -0.3 is 30.6 Å². The minimum atomic E-state index is -1.18. The van der Waals surface area contributed by atoms with Crippen LogP contribution in [0.2, 0.25) is 0 Å². The van der Waals surface area contributed by atoms with Gasteiger partial charge in [-0.15, -0.1) is 28.2 Å². The number of carbonyl (C=O) groups excluding carboxylic acids is 2.